The zero-order valence-electron chi connectivity index (χ0n) is 42.1. The molecular weight excluding hydrogens is 844 g/mol. The van der Waals surface area contributed by atoms with Gasteiger partial charge >= 0.3 is 0 Å². The van der Waals surface area contributed by atoms with Crippen molar-refractivity contribution in [3.05, 3.63) is 173 Å². The Labute approximate surface area is 408 Å². The normalized spacial score (nSPS) is 13.7. The number of aryl methyl sites for hydroxylation is 2. The summed E-state index contributed by atoms with van der Waals surface area (Å²) in [5.74, 6) is 1.15. The van der Waals surface area contributed by atoms with Gasteiger partial charge in [-0.25, -0.2) is 0 Å². The number of para-hydroxylation sites is 1. The smallest absolute Gasteiger partial charge is 0.264 e. The summed E-state index contributed by atoms with van der Waals surface area (Å²) in [6, 6.07) is 53.2. The van der Waals surface area contributed by atoms with E-state index in [1.807, 2.05) is 11.3 Å². The second kappa shape index (κ2) is 15.6. The molecule has 0 saturated heterocycles. The van der Waals surface area contributed by atoms with Crippen molar-refractivity contribution in [2.75, 3.05) is 9.80 Å². The molecule has 4 heterocycles. The van der Waals surface area contributed by atoms with E-state index in [9.17, 15) is 0 Å². The number of hydrogen-bond donors (Lipinski definition) is 0. The summed E-state index contributed by atoms with van der Waals surface area (Å²) in [6.45, 7) is 30.3. The van der Waals surface area contributed by atoms with Crippen molar-refractivity contribution in [3.63, 3.8) is 0 Å². The molecule has 340 valence electrons. The molecule has 9 aromatic rings. The van der Waals surface area contributed by atoms with Gasteiger partial charge in [0, 0.05) is 48.4 Å². The van der Waals surface area contributed by atoms with Crippen LogP contribution in [-0.2, 0) is 16.2 Å². The van der Waals surface area contributed by atoms with Crippen LogP contribution in [-0.4, -0.2) is 6.71 Å². The van der Waals surface area contributed by atoms with Crippen LogP contribution in [0, 0.1) is 13.8 Å². The van der Waals surface area contributed by atoms with Gasteiger partial charge in [-0.05, 0) is 140 Å². The van der Waals surface area contributed by atoms with Crippen molar-refractivity contribution in [1.29, 1.82) is 0 Å². The van der Waals surface area contributed by atoms with E-state index in [1.165, 1.54) is 104 Å². The topological polar surface area (TPSA) is 19.6 Å². The lowest BCUT2D eigenvalue weighted by Gasteiger charge is -2.45. The lowest BCUT2D eigenvalue weighted by Crippen LogP contribution is -2.60. The van der Waals surface area contributed by atoms with Gasteiger partial charge < -0.3 is 14.2 Å². The van der Waals surface area contributed by atoms with Crippen molar-refractivity contribution < 1.29 is 4.42 Å². The van der Waals surface area contributed by atoms with E-state index in [0.29, 0.717) is 0 Å². The fourth-order valence-corrected chi connectivity index (χ4v) is 12.2. The minimum absolute atomic E-state index is 0.0113. The minimum Gasteiger partial charge on any atom is -0.456 e. The van der Waals surface area contributed by atoms with Crippen molar-refractivity contribution >= 4 is 88.9 Å². The van der Waals surface area contributed by atoms with Crippen molar-refractivity contribution in [2.45, 2.75) is 112 Å². The standard InChI is InChI=1S/C63H63BN2OS/c1-37(2)43-32-52-57-53(33-43)66(58-38(3)29-46(30-39(58)4)63(11,12)13)59-48-36-45(62(8,9)10)25-28-56(48)68-60(59)64(57)49-26-23-42(55-34-41-21-17-18-22-54(41)67-55)31-51(49)65(52)50-27-24-44(61(5,6)7)35-47(50)40-19-15-14-16-20-40/h14-37H,1-13H3. The quantitative estimate of drug-likeness (QED) is 0.160. The Bertz CT molecular complexity index is 3420. The maximum Gasteiger partial charge on any atom is 0.264 e. The lowest BCUT2D eigenvalue weighted by atomic mass is 9.36. The van der Waals surface area contributed by atoms with Gasteiger partial charge in [0.25, 0.3) is 6.71 Å². The second-order valence-corrected chi connectivity index (χ2v) is 24.1. The van der Waals surface area contributed by atoms with E-state index < -0.39 is 0 Å². The molecule has 0 bridgehead atoms. The molecule has 0 N–H and O–H groups in total. The van der Waals surface area contributed by atoms with Crippen LogP contribution >= 0.6 is 11.3 Å². The molecule has 0 amide bonds. The Morgan fingerprint density at radius 2 is 1.16 bits per heavy atom. The van der Waals surface area contributed by atoms with E-state index in [2.05, 4.69) is 239 Å². The van der Waals surface area contributed by atoms with Gasteiger partial charge in [-0.1, -0.05) is 161 Å². The third-order valence-electron chi connectivity index (χ3n) is 14.7. The first-order valence-electron chi connectivity index (χ1n) is 24.6. The Hall–Kier alpha value is -6.30. The fraction of sp³-hybridized carbons (Fsp3) is 0.270. The molecule has 68 heavy (non-hydrogen) atoms. The number of hydrogen-bond acceptors (Lipinski definition) is 4. The minimum atomic E-state index is -0.0403. The van der Waals surface area contributed by atoms with Crippen LogP contribution in [0.4, 0.5) is 34.1 Å². The molecule has 0 fully saturated rings. The molecule has 0 atom stereocenters. The molecule has 2 aliphatic rings. The molecule has 2 aliphatic heterocycles. The first-order chi connectivity index (χ1) is 32.3. The fourth-order valence-electron chi connectivity index (χ4n) is 10.9. The number of anilines is 6. The summed E-state index contributed by atoms with van der Waals surface area (Å²) in [5, 5.41) is 2.43. The number of nitrogens with zero attached hydrogens (tertiary/aromatic N) is 2. The van der Waals surface area contributed by atoms with E-state index >= 15 is 0 Å². The highest BCUT2D eigenvalue weighted by molar-refractivity contribution is 7.33. The molecule has 0 spiro atoms. The highest BCUT2D eigenvalue weighted by Gasteiger charge is 2.47. The van der Waals surface area contributed by atoms with Crippen LogP contribution in [0.3, 0.4) is 0 Å². The summed E-state index contributed by atoms with van der Waals surface area (Å²) >= 11 is 1.98. The molecule has 3 nitrogen and oxygen atoms in total. The summed E-state index contributed by atoms with van der Waals surface area (Å²) in [4.78, 5) is 5.32. The predicted octanol–water partition coefficient (Wildman–Crippen LogP) is 16.7. The van der Waals surface area contributed by atoms with Crippen LogP contribution in [0.5, 0.6) is 0 Å². The Morgan fingerprint density at radius 3 is 1.82 bits per heavy atom. The average molecular weight is 907 g/mol. The number of rotatable bonds is 5. The number of thiophene rings is 1. The van der Waals surface area contributed by atoms with Crippen LogP contribution in [0.25, 0.3) is 43.5 Å². The van der Waals surface area contributed by atoms with Crippen molar-refractivity contribution in [2.24, 2.45) is 0 Å². The molecule has 0 radical (unpaired) electrons. The molecule has 0 saturated carbocycles. The van der Waals surface area contributed by atoms with Gasteiger partial charge in [-0.2, -0.15) is 0 Å². The van der Waals surface area contributed by atoms with Crippen LogP contribution in [0.1, 0.15) is 115 Å². The Balaban J connectivity index is 1.29. The largest absolute Gasteiger partial charge is 0.456 e. The van der Waals surface area contributed by atoms with Gasteiger partial charge in [0.15, 0.2) is 0 Å². The Morgan fingerprint density at radius 1 is 0.529 bits per heavy atom. The SMILES string of the molecule is Cc1cc(C(C)(C)C)cc(C)c1N1c2cc(C(C)C)cc3c2B(c2ccc(-c4cc5ccccc5o4)cc2N3c2ccc(C(C)(C)C)cc2-c2ccccc2)c2sc3ccc(C(C)(C)C)cc3c21. The monoisotopic (exact) mass is 906 g/mol. The number of fused-ring (bicyclic) bond motifs is 7. The van der Waals surface area contributed by atoms with Crippen molar-refractivity contribution in [1.82, 2.24) is 0 Å². The van der Waals surface area contributed by atoms with Gasteiger partial charge in [0.2, 0.25) is 0 Å². The van der Waals surface area contributed by atoms with E-state index in [4.69, 9.17) is 4.42 Å². The molecule has 11 rings (SSSR count). The van der Waals surface area contributed by atoms with Crippen LogP contribution in [0.15, 0.2) is 144 Å². The lowest BCUT2D eigenvalue weighted by molar-refractivity contribution is 0.589. The van der Waals surface area contributed by atoms with Gasteiger partial charge in [0.05, 0.1) is 17.1 Å². The average Bonchev–Trinajstić information content (AvgIpc) is 3.90. The maximum absolute atomic E-state index is 6.66. The van der Waals surface area contributed by atoms with Gasteiger partial charge in [-0.3, -0.25) is 0 Å². The molecule has 0 unspecified atom stereocenters. The van der Waals surface area contributed by atoms with E-state index in [-0.39, 0.29) is 28.9 Å². The highest BCUT2D eigenvalue weighted by atomic mass is 32.1. The predicted molar refractivity (Wildman–Crippen MR) is 296 cm³/mol. The summed E-state index contributed by atoms with van der Waals surface area (Å²) in [6.07, 6.45) is 0. The molecular formula is C63H63BN2OS. The van der Waals surface area contributed by atoms with E-state index in [0.717, 1.165) is 22.3 Å². The summed E-state index contributed by atoms with van der Waals surface area (Å²) in [5.41, 5.74) is 22.4. The van der Waals surface area contributed by atoms with Crippen molar-refractivity contribution in [3.8, 4) is 22.5 Å². The van der Waals surface area contributed by atoms with Gasteiger partial charge in [0.1, 0.15) is 11.3 Å². The van der Waals surface area contributed by atoms with Crippen LogP contribution < -0.4 is 25.5 Å². The number of benzene rings is 7. The molecule has 2 aromatic heterocycles. The zero-order chi connectivity index (χ0) is 47.8. The summed E-state index contributed by atoms with van der Waals surface area (Å²) in [7, 11) is 0. The third-order valence-corrected chi connectivity index (χ3v) is 15.9. The molecule has 5 heteroatoms. The third kappa shape index (κ3) is 7.14. The second-order valence-electron chi connectivity index (χ2n) is 23.0. The van der Waals surface area contributed by atoms with Crippen LogP contribution in [0.2, 0.25) is 0 Å². The Kier molecular flexibility index (Phi) is 10.2. The zero-order valence-corrected chi connectivity index (χ0v) is 43.0. The first-order valence-corrected chi connectivity index (χ1v) is 25.4. The van der Waals surface area contributed by atoms with E-state index in [1.54, 1.807) is 0 Å². The molecule has 0 aliphatic carbocycles. The summed E-state index contributed by atoms with van der Waals surface area (Å²) < 4.78 is 9.37. The molecule has 7 aromatic carbocycles. The number of furan rings is 1. The maximum atomic E-state index is 6.66. The highest BCUT2D eigenvalue weighted by Crippen LogP contribution is 2.52. The van der Waals surface area contributed by atoms with Gasteiger partial charge in [-0.15, -0.1) is 11.3 Å². The first kappa shape index (κ1) is 44.2.